The molecular weight excluding hydrogens is 370 g/mol. The summed E-state index contributed by atoms with van der Waals surface area (Å²) in [5, 5.41) is 22.8. The number of unbranched alkanes of at least 4 members (excludes halogenated alkanes) is 3. The van der Waals surface area contributed by atoms with Gasteiger partial charge >= 0.3 is 0 Å². The third-order valence-corrected chi connectivity index (χ3v) is 4.83. The van der Waals surface area contributed by atoms with E-state index in [9.17, 15) is 19.8 Å². The Hall–Kier alpha value is -3.28. The van der Waals surface area contributed by atoms with Crippen LogP contribution in [0.15, 0.2) is 48.2 Å². The van der Waals surface area contributed by atoms with Crippen LogP contribution in [0.5, 0.6) is 17.2 Å². The van der Waals surface area contributed by atoms with Crippen molar-refractivity contribution in [2.24, 2.45) is 0 Å². The number of carbonyl (C=O) groups is 2. The summed E-state index contributed by atoms with van der Waals surface area (Å²) in [6.45, 7) is 3.19. The van der Waals surface area contributed by atoms with Crippen molar-refractivity contribution in [3.05, 3.63) is 64.9 Å². The molecule has 6 nitrogen and oxygen atoms in total. The number of Topliss-reactive ketones (excluding diaryl/α,β-unsaturated/α-hetero) is 1. The van der Waals surface area contributed by atoms with Crippen LogP contribution in [0.3, 0.4) is 0 Å². The highest BCUT2D eigenvalue weighted by Crippen LogP contribution is 2.34. The summed E-state index contributed by atoms with van der Waals surface area (Å²) in [7, 11) is 0. The van der Waals surface area contributed by atoms with Crippen LogP contribution in [-0.4, -0.2) is 28.4 Å². The molecule has 0 heterocycles. The van der Waals surface area contributed by atoms with E-state index < -0.39 is 11.6 Å². The summed E-state index contributed by atoms with van der Waals surface area (Å²) in [4.78, 5) is 24.9. The van der Waals surface area contributed by atoms with Crippen molar-refractivity contribution in [1.82, 2.24) is 5.32 Å². The van der Waals surface area contributed by atoms with Gasteiger partial charge in [-0.3, -0.25) is 9.59 Å². The molecule has 0 saturated carbocycles. The molecule has 0 spiro atoms. The molecule has 152 valence electrons. The zero-order valence-electron chi connectivity index (χ0n) is 16.4. The third-order valence-electron chi connectivity index (χ3n) is 4.83. The lowest BCUT2D eigenvalue weighted by molar-refractivity contribution is 0.0973. The van der Waals surface area contributed by atoms with Gasteiger partial charge in [-0.2, -0.15) is 0 Å². The molecule has 0 radical (unpaired) electrons. The number of aromatic hydroxyl groups is 2. The van der Waals surface area contributed by atoms with Crippen molar-refractivity contribution < 1.29 is 24.5 Å². The SMILES string of the molecule is CCCCCCOc1ccc(CNC2=CC(=O)c3c(O)ccc(O)c3C2=O)cc1. The van der Waals surface area contributed by atoms with E-state index in [2.05, 4.69) is 12.2 Å². The fourth-order valence-corrected chi connectivity index (χ4v) is 3.21. The van der Waals surface area contributed by atoms with Gasteiger partial charge in [0.2, 0.25) is 5.78 Å². The number of ether oxygens (including phenoxy) is 1. The Bertz CT molecular complexity index is 931. The molecule has 1 aliphatic carbocycles. The van der Waals surface area contributed by atoms with Crippen molar-refractivity contribution in [2.75, 3.05) is 6.61 Å². The topological polar surface area (TPSA) is 95.9 Å². The summed E-state index contributed by atoms with van der Waals surface area (Å²) in [5.41, 5.74) is 0.655. The van der Waals surface area contributed by atoms with Crippen LogP contribution in [-0.2, 0) is 6.54 Å². The van der Waals surface area contributed by atoms with E-state index in [0.717, 1.165) is 30.2 Å². The standard InChI is InChI=1S/C23H25NO5/c1-2-3-4-5-12-29-16-8-6-15(7-9-16)14-24-17-13-20(27)21-18(25)10-11-19(26)22(21)23(17)28/h6-11,13,24-26H,2-5,12,14H2,1H3. The number of fused-ring (bicyclic) bond motifs is 1. The normalized spacial score (nSPS) is 13.1. The monoisotopic (exact) mass is 395 g/mol. The fourth-order valence-electron chi connectivity index (χ4n) is 3.21. The van der Waals surface area contributed by atoms with E-state index in [1.165, 1.54) is 25.0 Å². The highest BCUT2D eigenvalue weighted by Gasteiger charge is 2.30. The third kappa shape index (κ3) is 4.77. The number of hydrogen-bond acceptors (Lipinski definition) is 6. The number of hydrogen-bond donors (Lipinski definition) is 3. The number of rotatable bonds is 9. The minimum atomic E-state index is -0.528. The van der Waals surface area contributed by atoms with Gasteiger partial charge in [-0.1, -0.05) is 38.3 Å². The number of allylic oxidation sites excluding steroid dienone is 2. The molecule has 0 atom stereocenters. The molecule has 0 amide bonds. The molecule has 2 aromatic rings. The second kappa shape index (κ2) is 9.28. The average molecular weight is 395 g/mol. The Morgan fingerprint density at radius 3 is 2.28 bits per heavy atom. The van der Waals surface area contributed by atoms with Gasteiger partial charge in [-0.25, -0.2) is 0 Å². The molecule has 29 heavy (non-hydrogen) atoms. The molecule has 6 heteroatoms. The van der Waals surface area contributed by atoms with Gasteiger partial charge < -0.3 is 20.3 Å². The molecule has 0 fully saturated rings. The Labute approximate surface area is 169 Å². The first-order valence-corrected chi connectivity index (χ1v) is 9.82. The maximum atomic E-state index is 12.6. The van der Waals surface area contributed by atoms with Gasteiger partial charge in [0, 0.05) is 12.6 Å². The summed E-state index contributed by atoms with van der Waals surface area (Å²) in [5.74, 6) is -0.911. The van der Waals surface area contributed by atoms with Gasteiger partial charge in [0.05, 0.1) is 23.4 Å². The Balaban J connectivity index is 1.60. The quantitative estimate of drug-likeness (QED) is 0.437. The highest BCUT2D eigenvalue weighted by atomic mass is 16.5. The van der Waals surface area contributed by atoms with Gasteiger partial charge in [-0.15, -0.1) is 0 Å². The molecule has 0 aromatic heterocycles. The second-order valence-electron chi connectivity index (χ2n) is 7.01. The Morgan fingerprint density at radius 2 is 1.59 bits per heavy atom. The predicted octanol–water partition coefficient (Wildman–Crippen LogP) is 4.11. The number of ketones is 2. The number of phenolic OH excluding ortho intramolecular Hbond substituents is 2. The van der Waals surface area contributed by atoms with Crippen LogP contribution < -0.4 is 10.1 Å². The van der Waals surface area contributed by atoms with Crippen LogP contribution in [0.1, 0.15) is 58.9 Å². The van der Waals surface area contributed by atoms with Gasteiger partial charge in [0.1, 0.15) is 17.2 Å². The van der Waals surface area contributed by atoms with E-state index in [1.807, 2.05) is 24.3 Å². The molecule has 2 aromatic carbocycles. The Kier molecular flexibility index (Phi) is 6.54. The molecule has 0 bridgehead atoms. The first kappa shape index (κ1) is 20.5. The van der Waals surface area contributed by atoms with Crippen molar-refractivity contribution in [2.45, 2.75) is 39.2 Å². The van der Waals surface area contributed by atoms with E-state index in [4.69, 9.17) is 4.74 Å². The van der Waals surface area contributed by atoms with Gasteiger partial charge in [0.15, 0.2) is 5.78 Å². The van der Waals surface area contributed by atoms with Crippen LogP contribution in [0, 0.1) is 0 Å². The fraction of sp³-hybridized carbons (Fsp3) is 0.304. The maximum Gasteiger partial charge on any atom is 0.213 e. The first-order valence-electron chi connectivity index (χ1n) is 9.82. The zero-order valence-corrected chi connectivity index (χ0v) is 16.4. The Morgan fingerprint density at radius 1 is 0.897 bits per heavy atom. The highest BCUT2D eigenvalue weighted by molar-refractivity contribution is 6.26. The molecular formula is C23H25NO5. The summed E-state index contributed by atoms with van der Waals surface area (Å²) < 4.78 is 5.71. The van der Waals surface area contributed by atoms with Crippen LogP contribution in [0.2, 0.25) is 0 Å². The van der Waals surface area contributed by atoms with Crippen molar-refractivity contribution >= 4 is 11.6 Å². The van der Waals surface area contributed by atoms with E-state index in [-0.39, 0.29) is 28.3 Å². The largest absolute Gasteiger partial charge is 0.507 e. The number of benzene rings is 2. The van der Waals surface area contributed by atoms with E-state index in [1.54, 1.807) is 0 Å². The van der Waals surface area contributed by atoms with Crippen LogP contribution in [0.25, 0.3) is 0 Å². The lowest BCUT2D eigenvalue weighted by Crippen LogP contribution is -2.26. The molecule has 0 unspecified atom stereocenters. The van der Waals surface area contributed by atoms with E-state index in [0.29, 0.717) is 13.2 Å². The van der Waals surface area contributed by atoms with Crippen molar-refractivity contribution in [3.8, 4) is 17.2 Å². The number of nitrogens with one attached hydrogen (secondary N) is 1. The summed E-state index contributed by atoms with van der Waals surface area (Å²) >= 11 is 0. The van der Waals surface area contributed by atoms with Crippen molar-refractivity contribution in [3.63, 3.8) is 0 Å². The van der Waals surface area contributed by atoms with Crippen LogP contribution in [0.4, 0.5) is 0 Å². The molecule has 0 saturated heterocycles. The van der Waals surface area contributed by atoms with Crippen molar-refractivity contribution in [1.29, 1.82) is 0 Å². The lowest BCUT2D eigenvalue weighted by Gasteiger charge is -2.18. The first-order chi connectivity index (χ1) is 14.0. The zero-order chi connectivity index (χ0) is 20.8. The van der Waals surface area contributed by atoms with Gasteiger partial charge in [0.25, 0.3) is 0 Å². The second-order valence-corrected chi connectivity index (χ2v) is 7.01. The maximum absolute atomic E-state index is 12.6. The lowest BCUT2D eigenvalue weighted by atomic mass is 9.91. The molecule has 1 aliphatic rings. The van der Waals surface area contributed by atoms with Crippen LogP contribution >= 0.6 is 0 Å². The predicted molar refractivity (Wildman–Crippen MR) is 109 cm³/mol. The molecule has 3 rings (SSSR count). The minimum Gasteiger partial charge on any atom is -0.507 e. The number of phenols is 2. The minimum absolute atomic E-state index is 0.0830. The summed E-state index contributed by atoms with van der Waals surface area (Å²) in [6, 6.07) is 9.92. The average Bonchev–Trinajstić information content (AvgIpc) is 2.72. The smallest absolute Gasteiger partial charge is 0.213 e. The van der Waals surface area contributed by atoms with Gasteiger partial charge in [-0.05, 0) is 36.2 Å². The molecule has 0 aliphatic heterocycles. The molecule has 3 N–H and O–H groups in total. The number of carbonyl (C=O) groups excluding carboxylic acids is 2. The summed E-state index contributed by atoms with van der Waals surface area (Å²) in [6.07, 6.45) is 5.76. The van der Waals surface area contributed by atoms with E-state index >= 15 is 0 Å².